The molecule has 7 nitrogen and oxygen atoms in total. The molecule has 1 rings (SSSR count). The predicted molar refractivity (Wildman–Crippen MR) is 64.7 cm³/mol. The molecule has 6 N–H and O–H groups in total. The molecule has 7 heteroatoms. The Hall–Kier alpha value is -2.44. The van der Waals surface area contributed by atoms with Gasteiger partial charge in [-0.3, -0.25) is 4.79 Å². The molecule has 0 aliphatic heterocycles. The molecular weight excluding hydrogens is 238 g/mol. The molecular formula is C11H15N3O4. The smallest absolute Gasteiger partial charge is 0.255 e. The van der Waals surface area contributed by atoms with E-state index in [0.29, 0.717) is 0 Å². The second-order valence-electron chi connectivity index (χ2n) is 3.84. The van der Waals surface area contributed by atoms with Crippen molar-refractivity contribution in [3.8, 4) is 11.5 Å². The van der Waals surface area contributed by atoms with Gasteiger partial charge in [0.2, 0.25) is 0 Å². The maximum absolute atomic E-state index is 11.8. The second kappa shape index (κ2) is 5.76. The number of nitrogens with one attached hydrogen (secondary N) is 1. The van der Waals surface area contributed by atoms with Crippen LogP contribution in [0.4, 0.5) is 0 Å². The third kappa shape index (κ3) is 3.27. The molecule has 0 saturated heterocycles. The van der Waals surface area contributed by atoms with E-state index in [1.165, 1.54) is 18.2 Å². The highest BCUT2D eigenvalue weighted by molar-refractivity contribution is 5.98. The van der Waals surface area contributed by atoms with Gasteiger partial charge in [-0.25, -0.2) is 0 Å². The number of hydrogen-bond acceptors (Lipinski definition) is 5. The maximum Gasteiger partial charge on any atom is 0.255 e. The van der Waals surface area contributed by atoms with E-state index < -0.39 is 11.7 Å². The lowest BCUT2D eigenvalue weighted by atomic mass is 10.1. The normalized spacial score (nSPS) is 13.1. The largest absolute Gasteiger partial charge is 0.504 e. The number of oxime groups is 1. The predicted octanol–water partition coefficient (Wildman–Crippen LogP) is 0.353. The molecule has 0 aromatic heterocycles. The van der Waals surface area contributed by atoms with Crippen molar-refractivity contribution in [3.63, 3.8) is 0 Å². The van der Waals surface area contributed by atoms with Crippen LogP contribution in [0, 0.1) is 0 Å². The van der Waals surface area contributed by atoms with Crippen molar-refractivity contribution in [1.82, 2.24) is 5.32 Å². The van der Waals surface area contributed by atoms with E-state index in [1.807, 2.05) is 0 Å². The number of hydrogen-bond donors (Lipinski definition) is 5. The van der Waals surface area contributed by atoms with Gasteiger partial charge in [-0.2, -0.15) is 0 Å². The van der Waals surface area contributed by atoms with Gasteiger partial charge in [0.05, 0.1) is 5.56 Å². The van der Waals surface area contributed by atoms with Gasteiger partial charge in [-0.05, 0) is 19.1 Å². The van der Waals surface area contributed by atoms with E-state index in [-0.39, 0.29) is 29.6 Å². The van der Waals surface area contributed by atoms with Crippen LogP contribution < -0.4 is 11.1 Å². The fourth-order valence-corrected chi connectivity index (χ4v) is 1.42. The van der Waals surface area contributed by atoms with E-state index >= 15 is 0 Å². The van der Waals surface area contributed by atoms with Crippen LogP contribution in [0.15, 0.2) is 23.4 Å². The summed E-state index contributed by atoms with van der Waals surface area (Å²) in [5, 5.41) is 32.5. The van der Waals surface area contributed by atoms with Crippen molar-refractivity contribution in [3.05, 3.63) is 23.8 Å². The number of carbonyl (C=O) groups is 1. The van der Waals surface area contributed by atoms with E-state index in [0.717, 1.165) is 0 Å². The van der Waals surface area contributed by atoms with Gasteiger partial charge in [-0.1, -0.05) is 11.2 Å². The Kier molecular flexibility index (Phi) is 4.36. The van der Waals surface area contributed by atoms with Crippen LogP contribution in [0.1, 0.15) is 23.7 Å². The van der Waals surface area contributed by atoms with E-state index in [9.17, 15) is 15.0 Å². The summed E-state index contributed by atoms with van der Waals surface area (Å²) in [6.07, 6.45) is 0.168. The molecule has 0 radical (unpaired) electrons. The van der Waals surface area contributed by atoms with Crippen molar-refractivity contribution in [2.24, 2.45) is 10.9 Å². The lowest BCUT2D eigenvalue weighted by Crippen LogP contribution is -2.35. The van der Waals surface area contributed by atoms with Gasteiger partial charge < -0.3 is 26.5 Å². The highest BCUT2D eigenvalue weighted by Gasteiger charge is 2.16. The maximum atomic E-state index is 11.8. The number of carbonyl (C=O) groups excluding carboxylic acids is 1. The van der Waals surface area contributed by atoms with Crippen molar-refractivity contribution >= 4 is 11.7 Å². The van der Waals surface area contributed by atoms with Crippen LogP contribution in [0.25, 0.3) is 0 Å². The zero-order valence-corrected chi connectivity index (χ0v) is 9.79. The number of phenols is 2. The fourth-order valence-electron chi connectivity index (χ4n) is 1.42. The average molecular weight is 253 g/mol. The van der Waals surface area contributed by atoms with Gasteiger partial charge >= 0.3 is 0 Å². The number of benzene rings is 1. The van der Waals surface area contributed by atoms with Crippen molar-refractivity contribution in [2.75, 3.05) is 0 Å². The first kappa shape index (κ1) is 13.6. The number of aromatic hydroxyl groups is 2. The lowest BCUT2D eigenvalue weighted by molar-refractivity contribution is 0.0937. The molecule has 0 heterocycles. The summed E-state index contributed by atoms with van der Waals surface area (Å²) in [5.41, 5.74) is 5.26. The van der Waals surface area contributed by atoms with Crippen molar-refractivity contribution < 1.29 is 20.2 Å². The molecule has 1 unspecified atom stereocenters. The minimum atomic E-state index is -0.554. The number of rotatable bonds is 4. The Labute approximate surface area is 104 Å². The van der Waals surface area contributed by atoms with Gasteiger partial charge in [0, 0.05) is 12.5 Å². The Morgan fingerprint density at radius 2 is 2.17 bits per heavy atom. The molecule has 0 fully saturated rings. The number of nitrogens with zero attached hydrogens (tertiary/aromatic N) is 1. The summed E-state index contributed by atoms with van der Waals surface area (Å²) < 4.78 is 0. The number of para-hydroxylation sites is 1. The minimum Gasteiger partial charge on any atom is -0.504 e. The molecule has 1 atom stereocenters. The SMILES string of the molecule is CC(C/C(N)=N/O)NC(=O)c1cccc(O)c1O. The standard InChI is InChI=1S/C11H15N3O4/c1-6(5-9(12)14-18)13-11(17)7-3-2-4-8(15)10(7)16/h2-4,6,15-16,18H,5H2,1H3,(H2,12,14)(H,13,17). The Morgan fingerprint density at radius 1 is 1.50 bits per heavy atom. The summed E-state index contributed by atoms with van der Waals surface area (Å²) in [6, 6.07) is 3.71. The molecule has 1 aromatic rings. The van der Waals surface area contributed by atoms with Gasteiger partial charge in [0.25, 0.3) is 5.91 Å². The van der Waals surface area contributed by atoms with Crippen LogP contribution in [0.2, 0.25) is 0 Å². The molecule has 0 bridgehead atoms. The summed E-state index contributed by atoms with van der Waals surface area (Å²) in [6.45, 7) is 1.66. The van der Waals surface area contributed by atoms with Crippen molar-refractivity contribution in [1.29, 1.82) is 0 Å². The van der Waals surface area contributed by atoms with Crippen LogP contribution in [-0.4, -0.2) is 33.2 Å². The molecule has 98 valence electrons. The van der Waals surface area contributed by atoms with E-state index in [4.69, 9.17) is 10.9 Å². The number of nitrogens with two attached hydrogens (primary N) is 1. The lowest BCUT2D eigenvalue weighted by Gasteiger charge is -2.13. The summed E-state index contributed by atoms with van der Waals surface area (Å²) in [5.74, 6) is -1.41. The Bertz CT molecular complexity index is 473. The quantitative estimate of drug-likeness (QED) is 0.174. The Morgan fingerprint density at radius 3 is 2.78 bits per heavy atom. The highest BCUT2D eigenvalue weighted by atomic mass is 16.4. The van der Waals surface area contributed by atoms with Crippen LogP contribution in [0.3, 0.4) is 0 Å². The number of phenolic OH excluding ortho intramolecular Hbond substituents is 2. The zero-order chi connectivity index (χ0) is 13.7. The van der Waals surface area contributed by atoms with Crippen molar-refractivity contribution in [2.45, 2.75) is 19.4 Å². The molecule has 0 saturated carbocycles. The fraction of sp³-hybridized carbons (Fsp3) is 0.273. The monoisotopic (exact) mass is 253 g/mol. The highest BCUT2D eigenvalue weighted by Crippen LogP contribution is 2.27. The summed E-state index contributed by atoms with van der Waals surface area (Å²) in [7, 11) is 0. The zero-order valence-electron chi connectivity index (χ0n) is 9.79. The average Bonchev–Trinajstić information content (AvgIpc) is 2.32. The van der Waals surface area contributed by atoms with Crippen LogP contribution in [-0.2, 0) is 0 Å². The van der Waals surface area contributed by atoms with Crippen LogP contribution in [0.5, 0.6) is 11.5 Å². The van der Waals surface area contributed by atoms with Gasteiger partial charge in [0.15, 0.2) is 11.5 Å². The van der Waals surface area contributed by atoms with Crippen LogP contribution >= 0.6 is 0 Å². The molecule has 0 aliphatic rings. The first-order chi connectivity index (χ1) is 8.45. The minimum absolute atomic E-state index is 0.0112. The molecule has 18 heavy (non-hydrogen) atoms. The second-order valence-corrected chi connectivity index (χ2v) is 3.84. The first-order valence-corrected chi connectivity index (χ1v) is 5.24. The third-order valence-electron chi connectivity index (χ3n) is 2.28. The van der Waals surface area contributed by atoms with Gasteiger partial charge in [-0.15, -0.1) is 0 Å². The number of amides is 1. The molecule has 1 aromatic carbocycles. The number of amidine groups is 1. The molecule has 0 spiro atoms. The first-order valence-electron chi connectivity index (χ1n) is 5.24. The Balaban J connectivity index is 2.74. The third-order valence-corrected chi connectivity index (χ3v) is 2.28. The van der Waals surface area contributed by atoms with E-state index in [2.05, 4.69) is 10.5 Å². The topological polar surface area (TPSA) is 128 Å². The summed E-state index contributed by atoms with van der Waals surface area (Å²) in [4.78, 5) is 11.8. The van der Waals surface area contributed by atoms with Gasteiger partial charge in [0.1, 0.15) is 5.84 Å². The summed E-state index contributed by atoms with van der Waals surface area (Å²) >= 11 is 0. The molecule has 0 aliphatic carbocycles. The molecule has 1 amide bonds. The van der Waals surface area contributed by atoms with E-state index in [1.54, 1.807) is 6.92 Å².